The number of ether oxygens (including phenoxy) is 2. The molecule has 2 unspecified atom stereocenters. The number of amides is 1. The van der Waals surface area contributed by atoms with Crippen molar-refractivity contribution in [3.05, 3.63) is 28.3 Å². The van der Waals surface area contributed by atoms with Crippen LogP contribution in [0.1, 0.15) is 13.3 Å². The quantitative estimate of drug-likeness (QED) is 0.589. The molecule has 1 aliphatic rings. The molecule has 1 aromatic carbocycles. The third-order valence-electron chi connectivity index (χ3n) is 3.85. The Kier molecular flexibility index (Phi) is 7.73. The second-order valence-electron chi connectivity index (χ2n) is 5.52. The Morgan fingerprint density at radius 2 is 2.25 bits per heavy atom. The Balaban J connectivity index is 0.00000288. The third-order valence-corrected chi connectivity index (χ3v) is 3.85. The molecule has 1 aromatic rings. The second kappa shape index (κ2) is 9.29. The van der Waals surface area contributed by atoms with Gasteiger partial charge in [0.2, 0.25) is 5.75 Å². The normalized spacial score (nSPS) is 19.8. The number of benzene rings is 1. The number of carbonyl (C=O) groups excluding carboxylic acids is 1. The highest BCUT2D eigenvalue weighted by Crippen LogP contribution is 2.30. The fourth-order valence-electron chi connectivity index (χ4n) is 2.52. The van der Waals surface area contributed by atoms with E-state index in [1.807, 2.05) is 0 Å². The number of rotatable bonds is 6. The zero-order valence-corrected chi connectivity index (χ0v) is 14.4. The highest BCUT2D eigenvalue weighted by atomic mass is 35.5. The van der Waals surface area contributed by atoms with Crippen molar-refractivity contribution >= 4 is 24.0 Å². The summed E-state index contributed by atoms with van der Waals surface area (Å²) in [6, 6.07) is 4.28. The van der Waals surface area contributed by atoms with Crippen LogP contribution in [0.4, 0.5) is 5.69 Å². The van der Waals surface area contributed by atoms with Crippen LogP contribution >= 0.6 is 12.4 Å². The van der Waals surface area contributed by atoms with Crippen LogP contribution in [0.15, 0.2) is 18.2 Å². The monoisotopic (exact) mass is 359 g/mol. The van der Waals surface area contributed by atoms with Gasteiger partial charge in [-0.3, -0.25) is 14.9 Å². The fourth-order valence-corrected chi connectivity index (χ4v) is 2.52. The van der Waals surface area contributed by atoms with Crippen LogP contribution in [0.25, 0.3) is 0 Å². The molecule has 0 aliphatic carbocycles. The highest BCUT2D eigenvalue weighted by Gasteiger charge is 2.22. The Bertz CT molecular complexity index is 584. The summed E-state index contributed by atoms with van der Waals surface area (Å²) in [6.45, 7) is 3.71. The average molecular weight is 360 g/mol. The Morgan fingerprint density at radius 3 is 2.88 bits per heavy atom. The van der Waals surface area contributed by atoms with Crippen LogP contribution < -0.4 is 20.1 Å². The Morgan fingerprint density at radius 1 is 1.50 bits per heavy atom. The minimum absolute atomic E-state index is 0. The molecular weight excluding hydrogens is 338 g/mol. The van der Waals surface area contributed by atoms with Crippen molar-refractivity contribution in [2.45, 2.75) is 19.4 Å². The molecular formula is C15H22ClN3O5. The number of piperidine rings is 1. The van der Waals surface area contributed by atoms with Crippen molar-refractivity contribution in [1.82, 2.24) is 10.6 Å². The van der Waals surface area contributed by atoms with Crippen LogP contribution in [-0.4, -0.2) is 43.7 Å². The van der Waals surface area contributed by atoms with Crippen LogP contribution in [0.3, 0.4) is 0 Å². The number of carbonyl (C=O) groups is 1. The lowest BCUT2D eigenvalue weighted by Crippen LogP contribution is -2.49. The summed E-state index contributed by atoms with van der Waals surface area (Å²) in [5.74, 6) is 0.606. The summed E-state index contributed by atoms with van der Waals surface area (Å²) in [7, 11) is 1.34. The third kappa shape index (κ3) is 5.24. The van der Waals surface area contributed by atoms with E-state index in [1.54, 1.807) is 0 Å². The van der Waals surface area contributed by atoms with Gasteiger partial charge in [0.25, 0.3) is 5.91 Å². The molecule has 0 saturated carbocycles. The minimum Gasteiger partial charge on any atom is -0.490 e. The molecule has 0 spiro atoms. The Labute approximate surface area is 146 Å². The van der Waals surface area contributed by atoms with Crippen LogP contribution in [0.2, 0.25) is 0 Å². The maximum Gasteiger partial charge on any atom is 0.311 e. The predicted molar refractivity (Wildman–Crippen MR) is 91.0 cm³/mol. The van der Waals surface area contributed by atoms with Crippen molar-refractivity contribution in [3.63, 3.8) is 0 Å². The molecule has 1 saturated heterocycles. The molecule has 0 bridgehead atoms. The van der Waals surface area contributed by atoms with Crippen molar-refractivity contribution < 1.29 is 19.2 Å². The summed E-state index contributed by atoms with van der Waals surface area (Å²) < 4.78 is 10.4. The number of nitrogens with one attached hydrogen (secondary N) is 2. The lowest BCUT2D eigenvalue weighted by atomic mass is 9.95. The van der Waals surface area contributed by atoms with E-state index in [0.717, 1.165) is 19.5 Å². The zero-order chi connectivity index (χ0) is 16.8. The topological polar surface area (TPSA) is 103 Å². The van der Waals surface area contributed by atoms with Gasteiger partial charge in [-0.1, -0.05) is 6.92 Å². The van der Waals surface area contributed by atoms with Gasteiger partial charge < -0.3 is 20.1 Å². The Hall–Kier alpha value is -2.06. The molecule has 1 heterocycles. The molecule has 1 fully saturated rings. The average Bonchev–Trinajstić information content (AvgIpc) is 2.54. The van der Waals surface area contributed by atoms with E-state index in [0.29, 0.717) is 11.7 Å². The first kappa shape index (κ1) is 20.0. The lowest BCUT2D eigenvalue weighted by Gasteiger charge is -2.30. The number of hydrogen-bond acceptors (Lipinski definition) is 6. The van der Waals surface area contributed by atoms with E-state index in [-0.39, 0.29) is 42.4 Å². The largest absolute Gasteiger partial charge is 0.490 e. The zero-order valence-electron chi connectivity index (χ0n) is 13.6. The summed E-state index contributed by atoms with van der Waals surface area (Å²) in [4.78, 5) is 22.3. The first-order valence-corrected chi connectivity index (χ1v) is 7.46. The standard InChI is InChI=1S/C15H21N3O5.ClH/c1-10-8-16-6-5-12(10)17-15(19)9-23-11-3-4-13(18(20)21)14(7-11)22-2;/h3-4,7,10,12,16H,5-6,8-9H2,1-2H3,(H,17,19);1H. The number of hydrogen-bond donors (Lipinski definition) is 2. The molecule has 1 aliphatic heterocycles. The van der Waals surface area contributed by atoms with Gasteiger partial charge in [-0.05, 0) is 31.5 Å². The summed E-state index contributed by atoms with van der Waals surface area (Å²) in [5, 5.41) is 17.1. The van der Waals surface area contributed by atoms with Crippen molar-refractivity contribution in [1.29, 1.82) is 0 Å². The number of nitro groups is 1. The number of nitro benzene ring substituents is 1. The van der Waals surface area contributed by atoms with E-state index in [1.165, 1.54) is 25.3 Å². The smallest absolute Gasteiger partial charge is 0.311 e. The van der Waals surface area contributed by atoms with E-state index in [4.69, 9.17) is 9.47 Å². The summed E-state index contributed by atoms with van der Waals surface area (Å²) >= 11 is 0. The first-order valence-electron chi connectivity index (χ1n) is 7.46. The number of nitrogens with zero attached hydrogens (tertiary/aromatic N) is 1. The predicted octanol–water partition coefficient (Wildman–Crippen LogP) is 1.52. The van der Waals surface area contributed by atoms with Gasteiger partial charge in [0.15, 0.2) is 6.61 Å². The fraction of sp³-hybridized carbons (Fsp3) is 0.533. The molecule has 134 valence electrons. The van der Waals surface area contributed by atoms with E-state index in [2.05, 4.69) is 17.6 Å². The molecule has 0 radical (unpaired) electrons. The van der Waals surface area contributed by atoms with Crippen molar-refractivity contribution in [2.75, 3.05) is 26.8 Å². The molecule has 2 atom stereocenters. The number of methoxy groups -OCH3 is 1. The van der Waals surface area contributed by atoms with Crippen molar-refractivity contribution in [3.8, 4) is 11.5 Å². The lowest BCUT2D eigenvalue weighted by molar-refractivity contribution is -0.385. The molecule has 1 amide bonds. The number of halogens is 1. The van der Waals surface area contributed by atoms with Crippen molar-refractivity contribution in [2.24, 2.45) is 5.92 Å². The summed E-state index contributed by atoms with van der Waals surface area (Å²) in [5.41, 5.74) is -0.146. The SMILES string of the molecule is COc1cc(OCC(=O)NC2CCNCC2C)ccc1[N+](=O)[O-].Cl. The maximum atomic E-state index is 12.0. The molecule has 2 N–H and O–H groups in total. The van der Waals surface area contributed by atoms with Gasteiger partial charge >= 0.3 is 5.69 Å². The molecule has 2 rings (SSSR count). The molecule has 9 heteroatoms. The van der Waals surface area contributed by atoms with E-state index >= 15 is 0 Å². The molecule has 0 aromatic heterocycles. The van der Waals surface area contributed by atoms with Gasteiger partial charge in [-0.2, -0.15) is 0 Å². The minimum atomic E-state index is -0.534. The highest BCUT2D eigenvalue weighted by molar-refractivity contribution is 5.85. The van der Waals surface area contributed by atoms with E-state index < -0.39 is 4.92 Å². The maximum absolute atomic E-state index is 12.0. The summed E-state index contributed by atoms with van der Waals surface area (Å²) in [6.07, 6.45) is 0.887. The van der Waals surface area contributed by atoms with Gasteiger partial charge in [0, 0.05) is 18.2 Å². The van der Waals surface area contributed by atoms with Crippen LogP contribution in [-0.2, 0) is 4.79 Å². The second-order valence-corrected chi connectivity index (χ2v) is 5.52. The van der Waals surface area contributed by atoms with Crippen LogP contribution in [0.5, 0.6) is 11.5 Å². The first-order chi connectivity index (χ1) is 11.0. The van der Waals surface area contributed by atoms with E-state index in [9.17, 15) is 14.9 Å². The van der Waals surface area contributed by atoms with Gasteiger partial charge in [0.1, 0.15) is 5.75 Å². The van der Waals surface area contributed by atoms with Crippen LogP contribution in [0, 0.1) is 16.0 Å². The van der Waals surface area contributed by atoms with Gasteiger partial charge in [-0.15, -0.1) is 12.4 Å². The molecule has 8 nitrogen and oxygen atoms in total. The van der Waals surface area contributed by atoms with Gasteiger partial charge in [0.05, 0.1) is 12.0 Å². The molecule has 24 heavy (non-hydrogen) atoms. The van der Waals surface area contributed by atoms with Gasteiger partial charge in [-0.25, -0.2) is 0 Å².